The van der Waals surface area contributed by atoms with E-state index in [0.717, 1.165) is 15.6 Å². The summed E-state index contributed by atoms with van der Waals surface area (Å²) in [5.41, 5.74) is 1.71. The summed E-state index contributed by atoms with van der Waals surface area (Å²) in [6, 6.07) is 10.6. The van der Waals surface area contributed by atoms with Gasteiger partial charge in [-0.2, -0.15) is 0 Å². The third kappa shape index (κ3) is 5.79. The maximum Gasteiger partial charge on any atom is 0.261 e. The first-order valence-corrected chi connectivity index (χ1v) is 9.25. The first-order valence-electron chi connectivity index (χ1n) is 8.46. The number of aryl methyl sites for hydroxylation is 1. The van der Waals surface area contributed by atoms with Crippen LogP contribution in [0.2, 0.25) is 0 Å². The van der Waals surface area contributed by atoms with Gasteiger partial charge >= 0.3 is 0 Å². The summed E-state index contributed by atoms with van der Waals surface area (Å²) in [5.74, 6) is -0.413. The average Bonchev–Trinajstić information content (AvgIpc) is 2.67. The highest BCUT2D eigenvalue weighted by Crippen LogP contribution is 2.21. The van der Waals surface area contributed by atoms with Crippen molar-refractivity contribution in [1.29, 1.82) is 0 Å². The van der Waals surface area contributed by atoms with Crippen LogP contribution in [-0.2, 0) is 16.1 Å². The highest BCUT2D eigenvalue weighted by Gasteiger charge is 2.25. The van der Waals surface area contributed by atoms with Gasteiger partial charge in [-0.05, 0) is 55.3 Å². The Morgan fingerprint density at radius 1 is 1.22 bits per heavy atom. The lowest BCUT2D eigenvalue weighted by Crippen LogP contribution is -2.48. The molecule has 1 atom stereocenters. The predicted molar refractivity (Wildman–Crippen MR) is 105 cm³/mol. The van der Waals surface area contributed by atoms with Crippen LogP contribution in [0.1, 0.15) is 18.1 Å². The molecule has 0 aliphatic carbocycles. The van der Waals surface area contributed by atoms with Gasteiger partial charge in [-0.25, -0.2) is 4.39 Å². The van der Waals surface area contributed by atoms with Gasteiger partial charge in [0.05, 0.1) is 0 Å². The Kier molecular flexibility index (Phi) is 7.36. The van der Waals surface area contributed by atoms with E-state index in [4.69, 9.17) is 4.74 Å². The third-order valence-electron chi connectivity index (χ3n) is 4.17. The van der Waals surface area contributed by atoms with E-state index in [0.29, 0.717) is 5.75 Å². The lowest BCUT2D eigenvalue weighted by atomic mass is 10.1. The molecule has 144 valence electrons. The Morgan fingerprint density at radius 2 is 1.89 bits per heavy atom. The summed E-state index contributed by atoms with van der Waals surface area (Å²) >= 11 is 3.42. The molecule has 5 nitrogen and oxygen atoms in total. The molecule has 2 aromatic rings. The van der Waals surface area contributed by atoms with Crippen LogP contribution in [0.4, 0.5) is 4.39 Å². The SMILES string of the molecule is CNC(=O)C(C)N(Cc1ccc(F)cc1)C(=O)COc1ccc(Br)c(C)c1. The minimum Gasteiger partial charge on any atom is -0.484 e. The lowest BCUT2D eigenvalue weighted by Gasteiger charge is -2.28. The van der Waals surface area contributed by atoms with Gasteiger partial charge in [-0.3, -0.25) is 9.59 Å². The summed E-state index contributed by atoms with van der Waals surface area (Å²) in [4.78, 5) is 26.2. The number of hydrogen-bond donors (Lipinski definition) is 1. The monoisotopic (exact) mass is 436 g/mol. The summed E-state index contributed by atoms with van der Waals surface area (Å²) in [6.45, 7) is 3.54. The van der Waals surface area contributed by atoms with Crippen LogP contribution in [0.25, 0.3) is 0 Å². The van der Waals surface area contributed by atoms with Crippen LogP contribution in [0, 0.1) is 12.7 Å². The number of nitrogens with one attached hydrogen (secondary N) is 1. The Hall–Kier alpha value is -2.41. The van der Waals surface area contributed by atoms with Crippen LogP contribution in [0.15, 0.2) is 46.9 Å². The molecule has 2 amide bonds. The topological polar surface area (TPSA) is 58.6 Å². The van der Waals surface area contributed by atoms with Crippen LogP contribution in [0.5, 0.6) is 5.75 Å². The number of likely N-dealkylation sites (N-methyl/N-ethyl adjacent to an activating group) is 1. The van der Waals surface area contributed by atoms with Gasteiger partial charge < -0.3 is 15.0 Å². The molecule has 2 rings (SSSR count). The number of ether oxygens (including phenoxy) is 1. The molecule has 0 heterocycles. The lowest BCUT2D eigenvalue weighted by molar-refractivity contribution is -0.142. The van der Waals surface area contributed by atoms with Crippen LogP contribution >= 0.6 is 15.9 Å². The summed E-state index contributed by atoms with van der Waals surface area (Å²) in [7, 11) is 1.51. The number of rotatable bonds is 7. The molecule has 0 spiro atoms. The number of hydrogen-bond acceptors (Lipinski definition) is 3. The second-order valence-corrected chi connectivity index (χ2v) is 6.99. The second kappa shape index (κ2) is 9.50. The van der Waals surface area contributed by atoms with Gasteiger partial charge in [0.15, 0.2) is 6.61 Å². The van der Waals surface area contributed by atoms with Gasteiger partial charge in [0.2, 0.25) is 5.91 Å². The quantitative estimate of drug-likeness (QED) is 0.722. The fraction of sp³-hybridized carbons (Fsp3) is 0.300. The predicted octanol–water partition coefficient (Wildman–Crippen LogP) is 3.44. The van der Waals surface area contributed by atoms with E-state index in [1.165, 1.54) is 24.1 Å². The molecule has 1 N–H and O–H groups in total. The number of benzene rings is 2. The third-order valence-corrected chi connectivity index (χ3v) is 5.06. The molecule has 27 heavy (non-hydrogen) atoms. The Bertz CT molecular complexity index is 811. The van der Waals surface area contributed by atoms with E-state index in [9.17, 15) is 14.0 Å². The largest absolute Gasteiger partial charge is 0.484 e. The number of nitrogens with zero attached hydrogens (tertiary/aromatic N) is 1. The second-order valence-electron chi connectivity index (χ2n) is 6.14. The van der Waals surface area contributed by atoms with Gasteiger partial charge in [0.25, 0.3) is 5.91 Å². The van der Waals surface area contributed by atoms with Crippen molar-refractivity contribution in [3.8, 4) is 5.75 Å². The molecule has 7 heteroatoms. The van der Waals surface area contributed by atoms with Crippen molar-refractivity contribution in [2.75, 3.05) is 13.7 Å². The fourth-order valence-electron chi connectivity index (χ4n) is 2.51. The highest BCUT2D eigenvalue weighted by atomic mass is 79.9. The maximum absolute atomic E-state index is 13.1. The van der Waals surface area contributed by atoms with Crippen LogP contribution in [0.3, 0.4) is 0 Å². The Morgan fingerprint density at radius 3 is 2.48 bits per heavy atom. The fourth-order valence-corrected chi connectivity index (χ4v) is 2.76. The molecule has 0 bridgehead atoms. The number of carbonyl (C=O) groups is 2. The molecule has 0 fully saturated rings. The van der Waals surface area contributed by atoms with Crippen molar-refractivity contribution in [2.24, 2.45) is 0 Å². The van der Waals surface area contributed by atoms with E-state index in [1.807, 2.05) is 19.1 Å². The van der Waals surface area contributed by atoms with Gasteiger partial charge in [0.1, 0.15) is 17.6 Å². The van der Waals surface area contributed by atoms with Crippen molar-refractivity contribution < 1.29 is 18.7 Å². The van der Waals surface area contributed by atoms with Crippen molar-refractivity contribution in [3.05, 3.63) is 63.9 Å². The van der Waals surface area contributed by atoms with E-state index < -0.39 is 6.04 Å². The van der Waals surface area contributed by atoms with E-state index in [2.05, 4.69) is 21.2 Å². The molecule has 0 aliphatic heterocycles. The first kappa shape index (κ1) is 20.9. The highest BCUT2D eigenvalue weighted by molar-refractivity contribution is 9.10. The van der Waals surface area contributed by atoms with Crippen LogP contribution in [-0.4, -0.2) is 36.4 Å². The zero-order valence-electron chi connectivity index (χ0n) is 15.5. The molecule has 0 saturated heterocycles. The zero-order valence-corrected chi connectivity index (χ0v) is 17.0. The minimum absolute atomic E-state index is 0.177. The smallest absolute Gasteiger partial charge is 0.261 e. The molecule has 0 aliphatic rings. The van der Waals surface area contributed by atoms with Crippen molar-refractivity contribution in [3.63, 3.8) is 0 Å². The molecule has 0 radical (unpaired) electrons. The number of carbonyl (C=O) groups excluding carboxylic acids is 2. The van der Waals surface area contributed by atoms with Gasteiger partial charge in [0, 0.05) is 18.1 Å². The van der Waals surface area contributed by atoms with Crippen molar-refractivity contribution in [1.82, 2.24) is 10.2 Å². The molecule has 1 unspecified atom stereocenters. The molecule has 0 saturated carbocycles. The Labute approximate surface area is 166 Å². The minimum atomic E-state index is -0.692. The average molecular weight is 437 g/mol. The first-order chi connectivity index (χ1) is 12.8. The normalized spacial score (nSPS) is 11.6. The Balaban J connectivity index is 2.12. The van der Waals surface area contributed by atoms with Crippen molar-refractivity contribution >= 4 is 27.7 Å². The molecule has 2 aromatic carbocycles. The van der Waals surface area contributed by atoms with Gasteiger partial charge in [-0.15, -0.1) is 0 Å². The van der Waals surface area contributed by atoms with Gasteiger partial charge in [-0.1, -0.05) is 28.1 Å². The standard InChI is InChI=1S/C20H22BrFN2O3/c1-13-10-17(8-9-18(13)21)27-12-19(25)24(14(2)20(26)23-3)11-15-4-6-16(22)7-5-15/h4-10,14H,11-12H2,1-3H3,(H,23,26). The molecule has 0 aromatic heterocycles. The summed E-state index contributed by atoms with van der Waals surface area (Å²) in [5, 5.41) is 2.54. The zero-order chi connectivity index (χ0) is 20.0. The number of halogens is 2. The molecular formula is C20H22BrFN2O3. The van der Waals surface area contributed by atoms with E-state index >= 15 is 0 Å². The molecular weight excluding hydrogens is 415 g/mol. The van der Waals surface area contributed by atoms with Crippen molar-refractivity contribution in [2.45, 2.75) is 26.4 Å². The maximum atomic E-state index is 13.1. The summed E-state index contributed by atoms with van der Waals surface area (Å²) < 4.78 is 19.7. The van der Waals surface area contributed by atoms with E-state index in [-0.39, 0.29) is 30.8 Å². The van der Waals surface area contributed by atoms with E-state index in [1.54, 1.807) is 25.1 Å². The number of amides is 2. The van der Waals surface area contributed by atoms with Crippen LogP contribution < -0.4 is 10.1 Å². The summed E-state index contributed by atoms with van der Waals surface area (Å²) in [6.07, 6.45) is 0.